The van der Waals surface area contributed by atoms with Gasteiger partial charge in [0.1, 0.15) is 5.82 Å². The summed E-state index contributed by atoms with van der Waals surface area (Å²) in [6, 6.07) is 3.55. The van der Waals surface area contributed by atoms with Crippen molar-refractivity contribution in [3.05, 3.63) is 23.9 Å². The zero-order valence-electron chi connectivity index (χ0n) is 15.2. The molecule has 1 fully saturated rings. The first-order valence-electron chi connectivity index (χ1n) is 8.73. The van der Waals surface area contributed by atoms with Gasteiger partial charge in [-0.1, -0.05) is 19.9 Å². The molecule has 1 saturated heterocycles. The number of nitrogens with zero attached hydrogens (tertiary/aromatic N) is 2. The smallest absolute Gasteiger partial charge is 0.237 e. The lowest BCUT2D eigenvalue weighted by molar-refractivity contribution is -0.122. The molecule has 1 aromatic rings. The summed E-state index contributed by atoms with van der Waals surface area (Å²) in [7, 11) is 0. The van der Waals surface area contributed by atoms with Crippen LogP contribution in [-0.2, 0) is 16.1 Å². The van der Waals surface area contributed by atoms with Crippen molar-refractivity contribution in [3.63, 3.8) is 0 Å². The Morgan fingerprint density at radius 1 is 1.38 bits per heavy atom. The van der Waals surface area contributed by atoms with E-state index in [4.69, 9.17) is 10.5 Å². The molecule has 3 N–H and O–H groups in total. The van der Waals surface area contributed by atoms with Gasteiger partial charge in [0.2, 0.25) is 5.91 Å². The second-order valence-corrected chi connectivity index (χ2v) is 7.14. The quantitative estimate of drug-likeness (QED) is 0.827. The maximum atomic E-state index is 12.0. The van der Waals surface area contributed by atoms with E-state index < -0.39 is 6.04 Å². The third-order valence-corrected chi connectivity index (χ3v) is 4.08. The van der Waals surface area contributed by atoms with Gasteiger partial charge in [-0.05, 0) is 37.8 Å². The SMILES string of the molecule is CC(C)C[C@H](N)C(=O)NCc1ccc(N2CC(C)OC(C)C2)nc1. The molecule has 0 aromatic carbocycles. The lowest BCUT2D eigenvalue weighted by Gasteiger charge is -2.36. The Kier molecular flexibility index (Phi) is 6.57. The molecule has 134 valence electrons. The van der Waals surface area contributed by atoms with Gasteiger partial charge in [-0.2, -0.15) is 0 Å². The van der Waals surface area contributed by atoms with Crippen LogP contribution in [0.5, 0.6) is 0 Å². The van der Waals surface area contributed by atoms with E-state index in [2.05, 4.69) is 42.9 Å². The van der Waals surface area contributed by atoms with E-state index in [1.165, 1.54) is 0 Å². The normalized spacial score (nSPS) is 22.5. The van der Waals surface area contributed by atoms with Crippen molar-refractivity contribution in [2.45, 2.75) is 58.9 Å². The van der Waals surface area contributed by atoms with E-state index >= 15 is 0 Å². The second kappa shape index (κ2) is 8.44. The fourth-order valence-corrected chi connectivity index (χ4v) is 3.01. The number of amides is 1. The molecular weight excluding hydrogens is 304 g/mol. The van der Waals surface area contributed by atoms with Gasteiger partial charge >= 0.3 is 0 Å². The Morgan fingerprint density at radius 3 is 2.58 bits per heavy atom. The highest BCUT2D eigenvalue weighted by atomic mass is 16.5. The molecule has 1 aliphatic rings. The van der Waals surface area contributed by atoms with Crippen molar-refractivity contribution in [2.24, 2.45) is 11.7 Å². The van der Waals surface area contributed by atoms with Gasteiger partial charge in [0.05, 0.1) is 18.2 Å². The predicted octanol–water partition coefficient (Wildman–Crippen LogP) is 1.68. The molecule has 0 radical (unpaired) electrons. The molecule has 2 rings (SSSR count). The molecule has 0 spiro atoms. The van der Waals surface area contributed by atoms with Crippen LogP contribution in [0, 0.1) is 5.92 Å². The molecule has 6 heteroatoms. The van der Waals surface area contributed by atoms with E-state index in [0.29, 0.717) is 18.9 Å². The highest BCUT2D eigenvalue weighted by Gasteiger charge is 2.23. The molecule has 6 nitrogen and oxygen atoms in total. The van der Waals surface area contributed by atoms with Gasteiger partial charge < -0.3 is 20.7 Å². The van der Waals surface area contributed by atoms with Gasteiger partial charge in [-0.15, -0.1) is 0 Å². The predicted molar refractivity (Wildman–Crippen MR) is 95.7 cm³/mol. The summed E-state index contributed by atoms with van der Waals surface area (Å²) in [6.07, 6.45) is 2.92. The van der Waals surface area contributed by atoms with Gasteiger partial charge in [-0.25, -0.2) is 4.98 Å². The van der Waals surface area contributed by atoms with E-state index in [-0.39, 0.29) is 18.1 Å². The average molecular weight is 334 g/mol. The van der Waals surface area contributed by atoms with Gasteiger partial charge in [0, 0.05) is 25.8 Å². The van der Waals surface area contributed by atoms with Crippen molar-refractivity contribution in [1.82, 2.24) is 10.3 Å². The number of morpholine rings is 1. The molecule has 0 aliphatic carbocycles. The topological polar surface area (TPSA) is 80.5 Å². The van der Waals surface area contributed by atoms with Crippen LogP contribution in [0.2, 0.25) is 0 Å². The lowest BCUT2D eigenvalue weighted by Crippen LogP contribution is -2.45. The third-order valence-electron chi connectivity index (χ3n) is 4.08. The number of nitrogens with two attached hydrogens (primary N) is 1. The van der Waals surface area contributed by atoms with Crippen molar-refractivity contribution in [1.29, 1.82) is 0 Å². The minimum atomic E-state index is -0.450. The number of anilines is 1. The molecule has 0 bridgehead atoms. The third kappa shape index (κ3) is 5.46. The summed E-state index contributed by atoms with van der Waals surface area (Å²) < 4.78 is 5.75. The van der Waals surface area contributed by atoms with E-state index in [9.17, 15) is 4.79 Å². The van der Waals surface area contributed by atoms with Crippen LogP contribution in [0.3, 0.4) is 0 Å². The number of hydrogen-bond acceptors (Lipinski definition) is 5. The maximum absolute atomic E-state index is 12.0. The molecule has 24 heavy (non-hydrogen) atoms. The molecule has 1 aromatic heterocycles. The Morgan fingerprint density at radius 2 is 2.04 bits per heavy atom. The first-order chi connectivity index (χ1) is 11.3. The monoisotopic (exact) mass is 334 g/mol. The zero-order valence-corrected chi connectivity index (χ0v) is 15.2. The number of aromatic nitrogens is 1. The van der Waals surface area contributed by atoms with E-state index in [1.54, 1.807) is 0 Å². The fraction of sp³-hybridized carbons (Fsp3) is 0.667. The van der Waals surface area contributed by atoms with Crippen LogP contribution in [0.4, 0.5) is 5.82 Å². The van der Waals surface area contributed by atoms with Crippen LogP contribution in [-0.4, -0.2) is 42.2 Å². The Hall–Kier alpha value is -1.66. The van der Waals surface area contributed by atoms with Crippen LogP contribution in [0.15, 0.2) is 18.3 Å². The molecular formula is C18H30N4O2. The molecule has 1 aliphatic heterocycles. The Balaban J connectivity index is 1.87. The summed E-state index contributed by atoms with van der Waals surface area (Å²) in [4.78, 5) is 18.7. The molecule has 2 heterocycles. The van der Waals surface area contributed by atoms with Gasteiger partial charge in [0.25, 0.3) is 0 Å². The highest BCUT2D eigenvalue weighted by Crippen LogP contribution is 2.18. The number of carbonyl (C=O) groups excluding carboxylic acids is 1. The van der Waals surface area contributed by atoms with Gasteiger partial charge in [-0.3, -0.25) is 4.79 Å². The number of rotatable bonds is 6. The van der Waals surface area contributed by atoms with Crippen molar-refractivity contribution < 1.29 is 9.53 Å². The average Bonchev–Trinajstić information content (AvgIpc) is 2.51. The second-order valence-electron chi connectivity index (χ2n) is 7.14. The minimum Gasteiger partial charge on any atom is -0.372 e. The largest absolute Gasteiger partial charge is 0.372 e. The summed E-state index contributed by atoms with van der Waals surface area (Å²) in [5.74, 6) is 1.25. The fourth-order valence-electron chi connectivity index (χ4n) is 3.01. The number of pyridine rings is 1. The Bertz CT molecular complexity index is 522. The van der Waals surface area contributed by atoms with Crippen LogP contribution < -0.4 is 16.0 Å². The van der Waals surface area contributed by atoms with E-state index in [1.807, 2.05) is 18.3 Å². The first kappa shape index (κ1) is 18.7. The zero-order chi connectivity index (χ0) is 17.7. The summed E-state index contributed by atoms with van der Waals surface area (Å²) in [6.45, 7) is 10.4. The standard InChI is InChI=1S/C18H30N4O2/c1-12(2)7-16(19)18(23)21-9-15-5-6-17(20-8-15)22-10-13(3)24-14(4)11-22/h5-6,8,12-14,16H,7,9-11,19H2,1-4H3,(H,21,23)/t13?,14?,16-/m0/s1. The first-order valence-corrected chi connectivity index (χ1v) is 8.73. The molecule has 0 saturated carbocycles. The van der Waals surface area contributed by atoms with Crippen molar-refractivity contribution in [3.8, 4) is 0 Å². The summed E-state index contributed by atoms with van der Waals surface area (Å²) >= 11 is 0. The van der Waals surface area contributed by atoms with Crippen molar-refractivity contribution >= 4 is 11.7 Å². The van der Waals surface area contributed by atoms with Gasteiger partial charge in [0.15, 0.2) is 0 Å². The Labute approximate surface area is 144 Å². The van der Waals surface area contributed by atoms with Crippen LogP contribution in [0.1, 0.15) is 39.7 Å². The van der Waals surface area contributed by atoms with Crippen LogP contribution in [0.25, 0.3) is 0 Å². The van der Waals surface area contributed by atoms with Crippen molar-refractivity contribution in [2.75, 3.05) is 18.0 Å². The highest BCUT2D eigenvalue weighted by molar-refractivity contribution is 5.81. The molecule has 3 atom stereocenters. The van der Waals surface area contributed by atoms with E-state index in [0.717, 1.165) is 24.5 Å². The summed E-state index contributed by atoms with van der Waals surface area (Å²) in [5.41, 5.74) is 6.85. The summed E-state index contributed by atoms with van der Waals surface area (Å²) in [5, 5.41) is 2.88. The minimum absolute atomic E-state index is 0.108. The maximum Gasteiger partial charge on any atom is 0.237 e. The molecule has 2 unspecified atom stereocenters. The lowest BCUT2D eigenvalue weighted by atomic mass is 10.0. The van der Waals surface area contributed by atoms with Crippen LogP contribution >= 0.6 is 0 Å². The number of hydrogen-bond donors (Lipinski definition) is 2. The number of ether oxygens (including phenoxy) is 1. The molecule has 1 amide bonds. The number of carbonyl (C=O) groups is 1. The number of nitrogens with one attached hydrogen (secondary N) is 1.